The van der Waals surface area contributed by atoms with Gasteiger partial charge in [-0.2, -0.15) is 0 Å². The Morgan fingerprint density at radius 1 is 1.30 bits per heavy atom. The molecule has 1 aromatic carbocycles. The summed E-state index contributed by atoms with van der Waals surface area (Å²) in [6.45, 7) is 2.99. The lowest BCUT2D eigenvalue weighted by molar-refractivity contribution is 0.420. The fourth-order valence-corrected chi connectivity index (χ4v) is 3.21. The number of hydrogen-bond donors (Lipinski definition) is 1. The van der Waals surface area contributed by atoms with Gasteiger partial charge in [0, 0.05) is 12.2 Å². The summed E-state index contributed by atoms with van der Waals surface area (Å²) in [5.41, 5.74) is 4.54. The minimum Gasteiger partial charge on any atom is -0.496 e. The van der Waals surface area contributed by atoms with Crippen LogP contribution in [0, 0.1) is 0 Å². The van der Waals surface area contributed by atoms with Crippen LogP contribution in [0.15, 0.2) is 12.1 Å². The monoisotopic (exact) mass is 290 g/mol. The second-order valence-corrected chi connectivity index (χ2v) is 5.53. The molecule has 1 aromatic heterocycles. The SMILES string of the molecule is CCNc1c2c(nc3c(Cl)ccc(OC)c13)CCCC2. The molecule has 0 radical (unpaired) electrons. The van der Waals surface area contributed by atoms with Gasteiger partial charge in [-0.1, -0.05) is 11.6 Å². The Kier molecular flexibility index (Phi) is 3.70. The van der Waals surface area contributed by atoms with Gasteiger partial charge in [0.25, 0.3) is 0 Å². The third kappa shape index (κ3) is 2.10. The van der Waals surface area contributed by atoms with Crippen LogP contribution in [0.3, 0.4) is 0 Å². The largest absolute Gasteiger partial charge is 0.496 e. The quantitative estimate of drug-likeness (QED) is 0.919. The highest BCUT2D eigenvalue weighted by Gasteiger charge is 2.21. The third-order valence-electron chi connectivity index (χ3n) is 3.90. The molecule has 4 heteroatoms. The number of benzene rings is 1. The average Bonchev–Trinajstić information content (AvgIpc) is 2.48. The molecule has 0 fully saturated rings. The van der Waals surface area contributed by atoms with Gasteiger partial charge in [0.15, 0.2) is 0 Å². The molecule has 0 saturated carbocycles. The molecule has 20 heavy (non-hydrogen) atoms. The molecule has 3 rings (SSSR count). The molecule has 0 atom stereocenters. The summed E-state index contributed by atoms with van der Waals surface area (Å²) in [6.07, 6.45) is 4.55. The summed E-state index contributed by atoms with van der Waals surface area (Å²) in [5, 5.41) is 5.21. The van der Waals surface area contributed by atoms with Crippen LogP contribution in [0.4, 0.5) is 5.69 Å². The zero-order valence-corrected chi connectivity index (χ0v) is 12.7. The third-order valence-corrected chi connectivity index (χ3v) is 4.21. The second-order valence-electron chi connectivity index (χ2n) is 5.12. The van der Waals surface area contributed by atoms with Gasteiger partial charge in [-0.05, 0) is 50.3 Å². The number of ether oxygens (including phenoxy) is 1. The van der Waals surface area contributed by atoms with Crippen molar-refractivity contribution in [1.82, 2.24) is 4.98 Å². The van der Waals surface area contributed by atoms with E-state index in [0.29, 0.717) is 5.02 Å². The topological polar surface area (TPSA) is 34.2 Å². The van der Waals surface area contributed by atoms with Crippen molar-refractivity contribution in [3.8, 4) is 5.75 Å². The number of nitrogens with one attached hydrogen (secondary N) is 1. The van der Waals surface area contributed by atoms with Gasteiger partial charge in [-0.3, -0.25) is 4.98 Å². The zero-order valence-electron chi connectivity index (χ0n) is 11.9. The molecule has 0 aliphatic heterocycles. The lowest BCUT2D eigenvalue weighted by Crippen LogP contribution is -2.11. The van der Waals surface area contributed by atoms with Gasteiger partial charge in [0.05, 0.1) is 28.7 Å². The van der Waals surface area contributed by atoms with Crippen molar-refractivity contribution in [2.45, 2.75) is 32.6 Å². The van der Waals surface area contributed by atoms with Gasteiger partial charge in [0.1, 0.15) is 5.75 Å². The van der Waals surface area contributed by atoms with Crippen molar-refractivity contribution < 1.29 is 4.74 Å². The molecule has 1 heterocycles. The van der Waals surface area contributed by atoms with Gasteiger partial charge in [0.2, 0.25) is 0 Å². The first-order valence-electron chi connectivity index (χ1n) is 7.18. The zero-order chi connectivity index (χ0) is 14.1. The standard InChI is InChI=1S/C16H19ClN2O/c1-3-18-15-10-6-4-5-7-12(10)19-16-11(17)8-9-13(20-2)14(15)16/h8-9H,3-7H2,1-2H3,(H,18,19). The number of anilines is 1. The molecular weight excluding hydrogens is 272 g/mol. The maximum absolute atomic E-state index is 6.35. The van der Waals surface area contributed by atoms with E-state index in [-0.39, 0.29) is 0 Å². The first-order valence-corrected chi connectivity index (χ1v) is 7.55. The number of aryl methyl sites for hydroxylation is 1. The van der Waals surface area contributed by atoms with Gasteiger partial charge in [-0.15, -0.1) is 0 Å². The summed E-state index contributed by atoms with van der Waals surface area (Å²) in [5.74, 6) is 0.834. The van der Waals surface area contributed by atoms with Gasteiger partial charge >= 0.3 is 0 Å². The lowest BCUT2D eigenvalue weighted by atomic mass is 9.92. The van der Waals surface area contributed by atoms with E-state index in [9.17, 15) is 0 Å². The predicted molar refractivity (Wildman–Crippen MR) is 84.1 cm³/mol. The van der Waals surface area contributed by atoms with E-state index >= 15 is 0 Å². The van der Waals surface area contributed by atoms with E-state index in [1.807, 2.05) is 12.1 Å². The van der Waals surface area contributed by atoms with Crippen LogP contribution in [0.25, 0.3) is 10.9 Å². The fourth-order valence-electron chi connectivity index (χ4n) is 3.01. The number of halogens is 1. The number of aromatic nitrogens is 1. The highest BCUT2D eigenvalue weighted by atomic mass is 35.5. The number of pyridine rings is 1. The van der Waals surface area contributed by atoms with Crippen LogP contribution < -0.4 is 10.1 Å². The molecule has 3 nitrogen and oxygen atoms in total. The van der Waals surface area contributed by atoms with Crippen LogP contribution in [0.2, 0.25) is 5.02 Å². The molecule has 1 aliphatic rings. The van der Waals surface area contributed by atoms with Crippen molar-refractivity contribution >= 4 is 28.2 Å². The number of nitrogens with zero attached hydrogens (tertiary/aromatic N) is 1. The summed E-state index contributed by atoms with van der Waals surface area (Å²) in [6, 6.07) is 3.78. The molecule has 0 bridgehead atoms. The molecule has 2 aromatic rings. The van der Waals surface area contributed by atoms with E-state index in [1.165, 1.54) is 24.1 Å². The van der Waals surface area contributed by atoms with Crippen LogP contribution in [0.5, 0.6) is 5.75 Å². The first-order chi connectivity index (χ1) is 9.76. The summed E-state index contributed by atoms with van der Waals surface area (Å²) >= 11 is 6.35. The molecule has 1 N–H and O–H groups in total. The molecule has 106 valence electrons. The van der Waals surface area contributed by atoms with Gasteiger partial charge < -0.3 is 10.1 Å². The van der Waals surface area contributed by atoms with Crippen molar-refractivity contribution in [2.75, 3.05) is 19.0 Å². The summed E-state index contributed by atoms with van der Waals surface area (Å²) in [7, 11) is 1.69. The minimum atomic E-state index is 0.688. The Morgan fingerprint density at radius 3 is 2.85 bits per heavy atom. The van der Waals surface area contributed by atoms with E-state index in [1.54, 1.807) is 7.11 Å². The Hall–Kier alpha value is -1.48. The van der Waals surface area contributed by atoms with E-state index in [0.717, 1.165) is 41.7 Å². The highest BCUT2D eigenvalue weighted by molar-refractivity contribution is 6.35. The molecule has 0 saturated heterocycles. The van der Waals surface area contributed by atoms with Crippen molar-refractivity contribution in [3.63, 3.8) is 0 Å². The number of hydrogen-bond acceptors (Lipinski definition) is 3. The van der Waals surface area contributed by atoms with Crippen LogP contribution in [-0.4, -0.2) is 18.6 Å². The Balaban J connectivity index is 2.38. The Bertz CT molecular complexity index is 655. The second kappa shape index (κ2) is 5.49. The smallest absolute Gasteiger partial charge is 0.130 e. The summed E-state index contributed by atoms with van der Waals surface area (Å²) < 4.78 is 5.52. The van der Waals surface area contributed by atoms with Crippen LogP contribution in [0.1, 0.15) is 31.0 Å². The molecule has 0 unspecified atom stereocenters. The summed E-state index contributed by atoms with van der Waals surface area (Å²) in [4.78, 5) is 4.81. The van der Waals surface area contributed by atoms with Crippen molar-refractivity contribution in [2.24, 2.45) is 0 Å². The van der Waals surface area contributed by atoms with E-state index < -0.39 is 0 Å². The maximum atomic E-state index is 6.35. The van der Waals surface area contributed by atoms with Crippen molar-refractivity contribution in [3.05, 3.63) is 28.4 Å². The van der Waals surface area contributed by atoms with Gasteiger partial charge in [-0.25, -0.2) is 0 Å². The molecule has 1 aliphatic carbocycles. The van der Waals surface area contributed by atoms with Crippen LogP contribution >= 0.6 is 11.6 Å². The Morgan fingerprint density at radius 2 is 2.10 bits per heavy atom. The normalized spacial score (nSPS) is 14.2. The van der Waals surface area contributed by atoms with Crippen LogP contribution in [-0.2, 0) is 12.8 Å². The molecule has 0 amide bonds. The maximum Gasteiger partial charge on any atom is 0.130 e. The molecule has 0 spiro atoms. The van der Waals surface area contributed by atoms with Crippen molar-refractivity contribution in [1.29, 1.82) is 0 Å². The van der Waals surface area contributed by atoms with E-state index in [2.05, 4.69) is 12.2 Å². The highest BCUT2D eigenvalue weighted by Crippen LogP contribution is 2.40. The lowest BCUT2D eigenvalue weighted by Gasteiger charge is -2.22. The minimum absolute atomic E-state index is 0.688. The average molecular weight is 291 g/mol. The fraction of sp³-hybridized carbons (Fsp3) is 0.438. The number of rotatable bonds is 3. The number of methoxy groups -OCH3 is 1. The van der Waals surface area contributed by atoms with E-state index in [4.69, 9.17) is 21.3 Å². The predicted octanol–water partition coefficient (Wildman–Crippen LogP) is 4.21. The first kappa shape index (κ1) is 13.5. The molecular formula is C16H19ClN2O. The number of fused-ring (bicyclic) bond motifs is 2. The Labute approximate surface area is 124 Å².